The number of ether oxygens (including phenoxy) is 1. The van der Waals surface area contributed by atoms with E-state index < -0.39 is 11.9 Å². The van der Waals surface area contributed by atoms with Gasteiger partial charge in [-0.15, -0.1) is 0 Å². The Balaban J connectivity index is 1.74. The molecule has 0 saturated carbocycles. The zero-order chi connectivity index (χ0) is 16.7. The van der Waals surface area contributed by atoms with Crippen LogP contribution in [0.1, 0.15) is 13.3 Å². The summed E-state index contributed by atoms with van der Waals surface area (Å²) in [4.78, 5) is 23.3. The molecule has 0 bridgehead atoms. The minimum Gasteiger partial charge on any atom is -0.481 e. The van der Waals surface area contributed by atoms with Crippen LogP contribution in [-0.4, -0.2) is 28.3 Å². The first-order valence-electron chi connectivity index (χ1n) is 7.28. The third kappa shape index (κ3) is 5.21. The summed E-state index contributed by atoms with van der Waals surface area (Å²) in [6, 6.07) is 8.63. The second-order valence-corrected chi connectivity index (χ2v) is 4.95. The SMILES string of the molecule is CC(Oc1cccc(F)c1)C(=O)NCCCn1ncccc1=O. The van der Waals surface area contributed by atoms with Gasteiger partial charge in [-0.25, -0.2) is 9.07 Å². The number of carbonyl (C=O) groups excluding carboxylic acids is 1. The lowest BCUT2D eigenvalue weighted by atomic mass is 10.3. The lowest BCUT2D eigenvalue weighted by Gasteiger charge is -2.14. The number of aromatic nitrogens is 2. The van der Waals surface area contributed by atoms with Crippen LogP contribution in [0.25, 0.3) is 0 Å². The van der Waals surface area contributed by atoms with Crippen LogP contribution in [0.3, 0.4) is 0 Å². The Labute approximate surface area is 132 Å². The summed E-state index contributed by atoms with van der Waals surface area (Å²) in [5, 5.41) is 6.63. The van der Waals surface area contributed by atoms with Crippen molar-refractivity contribution in [3.05, 3.63) is 58.8 Å². The van der Waals surface area contributed by atoms with E-state index in [1.54, 1.807) is 19.1 Å². The number of rotatable bonds is 7. The molecule has 0 aliphatic heterocycles. The third-order valence-electron chi connectivity index (χ3n) is 3.11. The van der Waals surface area contributed by atoms with E-state index in [9.17, 15) is 14.0 Å². The lowest BCUT2D eigenvalue weighted by molar-refractivity contribution is -0.127. The van der Waals surface area contributed by atoms with Crippen LogP contribution in [-0.2, 0) is 11.3 Å². The molecule has 1 amide bonds. The number of hydrogen-bond acceptors (Lipinski definition) is 4. The van der Waals surface area contributed by atoms with Crippen LogP contribution in [0.15, 0.2) is 47.4 Å². The molecule has 0 spiro atoms. The van der Waals surface area contributed by atoms with Gasteiger partial charge in [-0.2, -0.15) is 5.10 Å². The summed E-state index contributed by atoms with van der Waals surface area (Å²) >= 11 is 0. The average Bonchev–Trinajstić information content (AvgIpc) is 2.53. The monoisotopic (exact) mass is 319 g/mol. The number of halogens is 1. The molecule has 0 saturated heterocycles. The first-order valence-corrected chi connectivity index (χ1v) is 7.28. The van der Waals surface area contributed by atoms with Crippen molar-refractivity contribution >= 4 is 5.91 Å². The van der Waals surface area contributed by atoms with Crippen molar-refractivity contribution in [2.45, 2.75) is 26.0 Å². The number of amides is 1. The molecule has 23 heavy (non-hydrogen) atoms. The van der Waals surface area contributed by atoms with E-state index in [0.717, 1.165) is 0 Å². The molecule has 0 radical (unpaired) electrons. The Kier molecular flexibility index (Phi) is 5.85. The van der Waals surface area contributed by atoms with E-state index in [2.05, 4.69) is 10.4 Å². The smallest absolute Gasteiger partial charge is 0.266 e. The topological polar surface area (TPSA) is 73.2 Å². The second-order valence-electron chi connectivity index (χ2n) is 4.95. The van der Waals surface area contributed by atoms with Gasteiger partial charge in [-0.05, 0) is 31.5 Å². The molecule has 1 N–H and O–H groups in total. The Morgan fingerprint density at radius 3 is 2.96 bits per heavy atom. The molecule has 2 rings (SSSR count). The fraction of sp³-hybridized carbons (Fsp3) is 0.312. The van der Waals surface area contributed by atoms with Gasteiger partial charge >= 0.3 is 0 Å². The maximum absolute atomic E-state index is 13.0. The third-order valence-corrected chi connectivity index (χ3v) is 3.11. The Morgan fingerprint density at radius 1 is 1.39 bits per heavy atom. The quantitative estimate of drug-likeness (QED) is 0.782. The van der Waals surface area contributed by atoms with E-state index in [4.69, 9.17) is 4.74 Å². The zero-order valence-electron chi connectivity index (χ0n) is 12.7. The Bertz CT molecular complexity index is 717. The number of aryl methyl sites for hydroxylation is 1. The first-order chi connectivity index (χ1) is 11.1. The van der Waals surface area contributed by atoms with Gasteiger partial charge in [-0.3, -0.25) is 9.59 Å². The lowest BCUT2D eigenvalue weighted by Crippen LogP contribution is -2.37. The van der Waals surface area contributed by atoms with Gasteiger partial charge in [0.25, 0.3) is 11.5 Å². The maximum Gasteiger partial charge on any atom is 0.266 e. The van der Waals surface area contributed by atoms with E-state index in [-0.39, 0.29) is 11.5 Å². The van der Waals surface area contributed by atoms with Crippen molar-refractivity contribution < 1.29 is 13.9 Å². The fourth-order valence-corrected chi connectivity index (χ4v) is 1.94. The molecule has 7 heteroatoms. The molecule has 0 fully saturated rings. The van der Waals surface area contributed by atoms with Crippen LogP contribution in [0.4, 0.5) is 4.39 Å². The van der Waals surface area contributed by atoms with Crippen LogP contribution < -0.4 is 15.6 Å². The van der Waals surface area contributed by atoms with Gasteiger partial charge in [0.05, 0.1) is 0 Å². The highest BCUT2D eigenvalue weighted by molar-refractivity contribution is 5.80. The second kappa shape index (κ2) is 8.07. The highest BCUT2D eigenvalue weighted by Gasteiger charge is 2.14. The predicted octanol–water partition coefficient (Wildman–Crippen LogP) is 1.36. The molecule has 122 valence electrons. The van der Waals surface area contributed by atoms with Crippen LogP contribution in [0, 0.1) is 5.82 Å². The van der Waals surface area contributed by atoms with E-state index in [0.29, 0.717) is 25.3 Å². The van der Waals surface area contributed by atoms with Crippen LogP contribution in [0.5, 0.6) is 5.75 Å². The highest BCUT2D eigenvalue weighted by Crippen LogP contribution is 2.13. The zero-order valence-corrected chi connectivity index (χ0v) is 12.7. The van der Waals surface area contributed by atoms with Crippen LogP contribution in [0.2, 0.25) is 0 Å². The van der Waals surface area contributed by atoms with Crippen molar-refractivity contribution in [3.63, 3.8) is 0 Å². The molecule has 0 aliphatic carbocycles. The minimum absolute atomic E-state index is 0.179. The van der Waals surface area contributed by atoms with Crippen molar-refractivity contribution in [1.82, 2.24) is 15.1 Å². The van der Waals surface area contributed by atoms with Crippen molar-refractivity contribution in [2.24, 2.45) is 0 Å². The average molecular weight is 319 g/mol. The highest BCUT2D eigenvalue weighted by atomic mass is 19.1. The van der Waals surface area contributed by atoms with Gasteiger partial charge in [0, 0.05) is 31.4 Å². The standard InChI is InChI=1S/C16H18FN3O3/c1-12(23-14-6-2-5-13(17)11-14)16(22)18-8-4-10-20-15(21)7-3-9-19-20/h2-3,5-7,9,11-12H,4,8,10H2,1H3,(H,18,22). The fourth-order valence-electron chi connectivity index (χ4n) is 1.94. The van der Waals surface area contributed by atoms with Gasteiger partial charge in [0.2, 0.25) is 0 Å². The van der Waals surface area contributed by atoms with Crippen molar-refractivity contribution in [3.8, 4) is 5.75 Å². The molecule has 1 heterocycles. The molecule has 0 aliphatic rings. The van der Waals surface area contributed by atoms with E-state index >= 15 is 0 Å². The summed E-state index contributed by atoms with van der Waals surface area (Å²) in [7, 11) is 0. The van der Waals surface area contributed by atoms with Crippen LogP contribution >= 0.6 is 0 Å². The summed E-state index contributed by atoms with van der Waals surface area (Å²) in [5.74, 6) is -0.425. The normalized spacial score (nSPS) is 11.7. The summed E-state index contributed by atoms with van der Waals surface area (Å²) in [6.45, 7) is 2.39. The molecular weight excluding hydrogens is 301 g/mol. The molecule has 6 nitrogen and oxygen atoms in total. The molecule has 2 aromatic rings. The van der Waals surface area contributed by atoms with E-state index in [1.165, 1.54) is 35.1 Å². The molecule has 1 atom stereocenters. The molecule has 1 aromatic heterocycles. The summed E-state index contributed by atoms with van der Waals surface area (Å²) in [6.07, 6.45) is 1.36. The van der Waals surface area contributed by atoms with Gasteiger partial charge in [0.1, 0.15) is 11.6 Å². The Hall–Kier alpha value is -2.70. The maximum atomic E-state index is 13.0. The predicted molar refractivity (Wildman–Crippen MR) is 82.6 cm³/mol. The molecule has 1 aromatic carbocycles. The molecule has 1 unspecified atom stereocenters. The Morgan fingerprint density at radius 2 is 2.22 bits per heavy atom. The summed E-state index contributed by atoms with van der Waals surface area (Å²) in [5.41, 5.74) is -0.179. The number of carbonyl (C=O) groups is 1. The number of hydrogen-bond donors (Lipinski definition) is 1. The first kappa shape index (κ1) is 16.7. The minimum atomic E-state index is -0.741. The molecular formula is C16H18FN3O3. The van der Waals surface area contributed by atoms with Gasteiger partial charge in [0.15, 0.2) is 6.10 Å². The van der Waals surface area contributed by atoms with Gasteiger partial charge < -0.3 is 10.1 Å². The largest absolute Gasteiger partial charge is 0.481 e. The number of benzene rings is 1. The van der Waals surface area contributed by atoms with Crippen molar-refractivity contribution in [2.75, 3.05) is 6.54 Å². The van der Waals surface area contributed by atoms with Crippen molar-refractivity contribution in [1.29, 1.82) is 0 Å². The van der Waals surface area contributed by atoms with E-state index in [1.807, 2.05) is 0 Å². The summed E-state index contributed by atoms with van der Waals surface area (Å²) < 4.78 is 19.8. The number of nitrogens with one attached hydrogen (secondary N) is 1. The number of nitrogens with zero attached hydrogens (tertiary/aromatic N) is 2. The van der Waals surface area contributed by atoms with Gasteiger partial charge in [-0.1, -0.05) is 6.07 Å².